The third kappa shape index (κ3) is 3.06. The number of halogens is 1. The van der Waals surface area contributed by atoms with Crippen LogP contribution < -0.4 is 9.47 Å². The van der Waals surface area contributed by atoms with Gasteiger partial charge in [-0.1, -0.05) is 15.9 Å². The van der Waals surface area contributed by atoms with Gasteiger partial charge in [0.25, 0.3) is 0 Å². The fourth-order valence-electron chi connectivity index (χ4n) is 5.97. The summed E-state index contributed by atoms with van der Waals surface area (Å²) in [6.45, 7) is 0.765. The zero-order valence-corrected chi connectivity index (χ0v) is 16.8. The molecule has 1 aromatic carbocycles. The molecule has 0 saturated heterocycles. The summed E-state index contributed by atoms with van der Waals surface area (Å²) in [5.74, 6) is 2.02. The standard InChI is InChI=1S/C21H23BrO5/c22-21-9-13-5-14(10-21)8-20(7-13,12-21)19(24)27-11-16(23)15-1-2-17-18(6-15)26-4-3-25-17/h1-2,6,13-14H,3-5,7-12H2/t13-,14-,20?,21?/m1/s1. The molecule has 27 heavy (non-hydrogen) atoms. The van der Waals surface area contributed by atoms with Gasteiger partial charge in [0.15, 0.2) is 23.9 Å². The zero-order chi connectivity index (χ0) is 18.6. The lowest BCUT2D eigenvalue weighted by Crippen LogP contribution is -2.56. The molecule has 0 amide bonds. The summed E-state index contributed by atoms with van der Waals surface area (Å²) < 4.78 is 16.6. The van der Waals surface area contributed by atoms with Crippen molar-refractivity contribution in [1.82, 2.24) is 0 Å². The van der Waals surface area contributed by atoms with E-state index in [1.165, 1.54) is 6.42 Å². The molecule has 6 rings (SSSR count). The molecule has 4 bridgehead atoms. The van der Waals surface area contributed by atoms with Gasteiger partial charge in [-0.15, -0.1) is 0 Å². The number of carbonyl (C=O) groups excluding carboxylic acids is 2. The summed E-state index contributed by atoms with van der Waals surface area (Å²) in [7, 11) is 0. The molecule has 5 aliphatic rings. The van der Waals surface area contributed by atoms with Crippen molar-refractivity contribution in [3.63, 3.8) is 0 Å². The van der Waals surface area contributed by atoms with E-state index in [2.05, 4.69) is 15.9 Å². The Balaban J connectivity index is 1.26. The summed E-state index contributed by atoms with van der Waals surface area (Å²) in [5.41, 5.74) is 0.0789. The number of hydrogen-bond acceptors (Lipinski definition) is 5. The SMILES string of the molecule is O=C(COC(=O)C12C[C@H]3C[C@@H](CC(Br)(C3)C1)C2)c1ccc2c(c1)OCCO2. The molecule has 1 aromatic rings. The molecule has 4 fully saturated rings. The molecule has 5 nitrogen and oxygen atoms in total. The Morgan fingerprint density at radius 3 is 2.48 bits per heavy atom. The minimum Gasteiger partial charge on any atom is -0.486 e. The van der Waals surface area contributed by atoms with Crippen LogP contribution in [0.5, 0.6) is 11.5 Å². The van der Waals surface area contributed by atoms with Crippen molar-refractivity contribution in [2.24, 2.45) is 17.3 Å². The first-order chi connectivity index (χ1) is 12.9. The molecule has 0 radical (unpaired) electrons. The maximum atomic E-state index is 13.0. The van der Waals surface area contributed by atoms with Crippen LogP contribution in [0, 0.1) is 17.3 Å². The molecule has 2 atom stereocenters. The summed E-state index contributed by atoms with van der Waals surface area (Å²) >= 11 is 3.91. The van der Waals surface area contributed by atoms with Crippen molar-refractivity contribution in [3.8, 4) is 11.5 Å². The number of rotatable bonds is 4. The molecule has 144 valence electrons. The van der Waals surface area contributed by atoms with Gasteiger partial charge in [0.1, 0.15) is 13.2 Å². The van der Waals surface area contributed by atoms with Crippen molar-refractivity contribution >= 4 is 27.7 Å². The van der Waals surface area contributed by atoms with Gasteiger partial charge < -0.3 is 14.2 Å². The minimum absolute atomic E-state index is 0.0932. The van der Waals surface area contributed by atoms with Crippen LogP contribution in [0.2, 0.25) is 0 Å². The van der Waals surface area contributed by atoms with Gasteiger partial charge >= 0.3 is 5.97 Å². The van der Waals surface area contributed by atoms with E-state index in [4.69, 9.17) is 14.2 Å². The van der Waals surface area contributed by atoms with Gasteiger partial charge in [0.2, 0.25) is 0 Å². The highest BCUT2D eigenvalue weighted by Crippen LogP contribution is 2.64. The predicted octanol–water partition coefficient (Wildman–Crippen LogP) is 3.92. The number of Topliss-reactive ketones (excluding diaryl/α,β-unsaturated/α-hetero) is 1. The minimum atomic E-state index is -0.402. The highest BCUT2D eigenvalue weighted by Gasteiger charge is 2.60. The first-order valence-electron chi connectivity index (χ1n) is 9.74. The molecule has 0 N–H and O–H groups in total. The Bertz CT molecular complexity index is 790. The van der Waals surface area contributed by atoms with Crippen molar-refractivity contribution in [2.45, 2.75) is 42.8 Å². The number of fused-ring (bicyclic) bond motifs is 1. The first-order valence-corrected chi connectivity index (χ1v) is 10.5. The van der Waals surface area contributed by atoms with E-state index in [1.807, 2.05) is 0 Å². The molecule has 0 unspecified atom stereocenters. The molecule has 1 heterocycles. The second kappa shape index (κ2) is 6.23. The Hall–Kier alpha value is -1.56. The van der Waals surface area contributed by atoms with Crippen LogP contribution in [-0.2, 0) is 9.53 Å². The number of carbonyl (C=O) groups is 2. The van der Waals surface area contributed by atoms with Crippen LogP contribution in [0.3, 0.4) is 0 Å². The lowest BCUT2D eigenvalue weighted by atomic mass is 9.49. The Kier molecular flexibility index (Phi) is 4.04. The first kappa shape index (κ1) is 17.5. The van der Waals surface area contributed by atoms with E-state index in [0.717, 1.165) is 32.1 Å². The number of benzene rings is 1. The summed E-state index contributed by atoms with van der Waals surface area (Å²) in [5, 5.41) is 0. The smallest absolute Gasteiger partial charge is 0.312 e. The van der Waals surface area contributed by atoms with E-state index in [1.54, 1.807) is 18.2 Å². The predicted molar refractivity (Wildman–Crippen MR) is 101 cm³/mol. The fourth-order valence-corrected chi connectivity index (χ4v) is 7.43. The fraction of sp³-hybridized carbons (Fsp3) is 0.619. The average molecular weight is 435 g/mol. The van der Waals surface area contributed by atoms with E-state index >= 15 is 0 Å². The Morgan fingerprint density at radius 2 is 1.78 bits per heavy atom. The monoisotopic (exact) mass is 434 g/mol. The molecule has 1 aliphatic heterocycles. The number of esters is 1. The lowest BCUT2D eigenvalue weighted by molar-refractivity contribution is -0.168. The summed E-state index contributed by atoms with van der Waals surface area (Å²) in [6.07, 6.45) is 6.22. The van der Waals surface area contributed by atoms with Gasteiger partial charge in [-0.2, -0.15) is 0 Å². The van der Waals surface area contributed by atoms with E-state index in [9.17, 15) is 9.59 Å². The van der Waals surface area contributed by atoms with Gasteiger partial charge in [-0.25, -0.2) is 0 Å². The van der Waals surface area contributed by atoms with E-state index in [-0.39, 0.29) is 22.7 Å². The van der Waals surface area contributed by atoms with Crippen molar-refractivity contribution < 1.29 is 23.8 Å². The quantitative estimate of drug-likeness (QED) is 0.408. The lowest BCUT2D eigenvalue weighted by Gasteiger charge is -2.58. The van der Waals surface area contributed by atoms with Gasteiger partial charge in [0, 0.05) is 9.89 Å². The molecule has 4 aliphatic carbocycles. The molecule has 4 saturated carbocycles. The van der Waals surface area contributed by atoms with Gasteiger partial charge in [-0.05, 0) is 68.6 Å². The van der Waals surface area contributed by atoms with Crippen molar-refractivity contribution in [2.75, 3.05) is 19.8 Å². The highest BCUT2D eigenvalue weighted by molar-refractivity contribution is 9.10. The normalized spacial score (nSPS) is 35.7. The average Bonchev–Trinajstić information content (AvgIpc) is 2.63. The number of ketones is 1. The topological polar surface area (TPSA) is 61.8 Å². The number of ether oxygens (including phenoxy) is 3. The summed E-state index contributed by atoms with van der Waals surface area (Å²) in [6, 6.07) is 5.10. The highest BCUT2D eigenvalue weighted by atomic mass is 79.9. The third-order valence-electron chi connectivity index (χ3n) is 6.62. The van der Waals surface area contributed by atoms with Crippen molar-refractivity contribution in [1.29, 1.82) is 0 Å². The second-order valence-corrected chi connectivity index (χ2v) is 10.4. The molecule has 6 heteroatoms. The van der Waals surface area contributed by atoms with Crippen molar-refractivity contribution in [3.05, 3.63) is 23.8 Å². The van der Waals surface area contributed by atoms with E-state index < -0.39 is 5.41 Å². The summed E-state index contributed by atoms with van der Waals surface area (Å²) in [4.78, 5) is 25.5. The van der Waals surface area contributed by atoms with Crippen LogP contribution >= 0.6 is 15.9 Å². The van der Waals surface area contributed by atoms with Gasteiger partial charge in [-0.3, -0.25) is 9.59 Å². The van der Waals surface area contributed by atoms with E-state index in [0.29, 0.717) is 42.1 Å². The van der Waals surface area contributed by atoms with Crippen LogP contribution in [0.4, 0.5) is 0 Å². The molecular formula is C21H23BrO5. The maximum absolute atomic E-state index is 13.0. The zero-order valence-electron chi connectivity index (χ0n) is 15.2. The Morgan fingerprint density at radius 1 is 1.07 bits per heavy atom. The molecular weight excluding hydrogens is 412 g/mol. The Labute approximate surface area is 166 Å². The second-order valence-electron chi connectivity index (χ2n) is 8.75. The number of alkyl halides is 1. The maximum Gasteiger partial charge on any atom is 0.312 e. The van der Waals surface area contributed by atoms with Crippen LogP contribution in [0.1, 0.15) is 48.9 Å². The van der Waals surface area contributed by atoms with Crippen LogP contribution in [0.15, 0.2) is 18.2 Å². The molecule has 0 spiro atoms. The number of hydrogen-bond donors (Lipinski definition) is 0. The largest absolute Gasteiger partial charge is 0.486 e. The van der Waals surface area contributed by atoms with Crippen LogP contribution in [-0.4, -0.2) is 35.9 Å². The van der Waals surface area contributed by atoms with Crippen LogP contribution in [0.25, 0.3) is 0 Å². The van der Waals surface area contributed by atoms with Gasteiger partial charge in [0.05, 0.1) is 5.41 Å². The third-order valence-corrected chi connectivity index (χ3v) is 7.55. The molecule has 0 aromatic heterocycles.